The summed E-state index contributed by atoms with van der Waals surface area (Å²) >= 11 is 7.26. The van der Waals surface area contributed by atoms with Gasteiger partial charge >= 0.3 is 0 Å². The Bertz CT molecular complexity index is 989. The van der Waals surface area contributed by atoms with Gasteiger partial charge in [-0.3, -0.25) is 29.4 Å². The second kappa shape index (κ2) is 7.69. The number of nitrogens with zero attached hydrogens (tertiary/aromatic N) is 3. The summed E-state index contributed by atoms with van der Waals surface area (Å²) in [6.45, 7) is 3.88. The summed E-state index contributed by atoms with van der Waals surface area (Å²) in [6, 6.07) is 6.30. The highest BCUT2D eigenvalue weighted by atomic mass is 35.5. The van der Waals surface area contributed by atoms with E-state index in [1.54, 1.807) is 19.1 Å². The van der Waals surface area contributed by atoms with Crippen molar-refractivity contribution >= 4 is 46.3 Å². The highest BCUT2D eigenvalue weighted by molar-refractivity contribution is 7.16. The molecule has 3 amide bonds. The van der Waals surface area contributed by atoms with Gasteiger partial charge in [-0.15, -0.1) is 11.3 Å². The molecule has 0 fully saturated rings. The number of halogens is 1. The summed E-state index contributed by atoms with van der Waals surface area (Å²) in [4.78, 5) is 52.1. The number of hydrogen-bond acceptors (Lipinski definition) is 6. The van der Waals surface area contributed by atoms with Crippen molar-refractivity contribution in [3.8, 4) is 0 Å². The van der Waals surface area contributed by atoms with Gasteiger partial charge in [0.2, 0.25) is 5.91 Å². The van der Waals surface area contributed by atoms with Gasteiger partial charge in [-0.25, -0.2) is 0 Å². The van der Waals surface area contributed by atoms with Gasteiger partial charge < -0.3 is 4.90 Å². The molecule has 2 aromatic rings. The Morgan fingerprint density at radius 1 is 1.29 bits per heavy atom. The van der Waals surface area contributed by atoms with Crippen molar-refractivity contribution in [1.29, 1.82) is 0 Å². The number of hydrogen-bond donors (Lipinski definition) is 0. The fourth-order valence-electron chi connectivity index (χ4n) is 3.13. The van der Waals surface area contributed by atoms with E-state index in [0.29, 0.717) is 17.4 Å². The monoisotopic (exact) mass is 421 g/mol. The maximum atomic E-state index is 13.0. The Morgan fingerprint density at radius 2 is 2.00 bits per heavy atom. The number of imide groups is 1. The molecule has 8 nitrogen and oxygen atoms in total. The van der Waals surface area contributed by atoms with E-state index in [0.717, 1.165) is 9.78 Å². The first-order valence-corrected chi connectivity index (χ1v) is 9.64. The SMILES string of the molecule is CCN(Cc1ccc(Cl)s1)C(=O)C(C)N1C(=O)c2cccc([N+](=O)[O-])c2C1=O. The second-order valence-corrected chi connectivity index (χ2v) is 7.97. The van der Waals surface area contributed by atoms with Crippen LogP contribution in [0, 0.1) is 10.1 Å². The van der Waals surface area contributed by atoms with Crippen molar-refractivity contribution < 1.29 is 19.3 Å². The van der Waals surface area contributed by atoms with Crippen LogP contribution in [0.2, 0.25) is 4.34 Å². The maximum Gasteiger partial charge on any atom is 0.282 e. The number of nitro groups is 1. The van der Waals surface area contributed by atoms with Crippen molar-refractivity contribution in [3.05, 3.63) is 60.8 Å². The van der Waals surface area contributed by atoms with Gasteiger partial charge in [-0.05, 0) is 32.0 Å². The first-order chi connectivity index (χ1) is 13.3. The van der Waals surface area contributed by atoms with Crippen LogP contribution in [0.25, 0.3) is 0 Å². The normalized spacial score (nSPS) is 14.2. The van der Waals surface area contributed by atoms with Gasteiger partial charge in [-0.2, -0.15) is 0 Å². The molecule has 0 bridgehead atoms. The van der Waals surface area contributed by atoms with E-state index in [1.807, 2.05) is 0 Å². The standard InChI is InChI=1S/C18H16ClN3O5S/c1-3-20(9-11-7-8-14(19)28-11)16(23)10(2)21-17(24)12-5-4-6-13(22(26)27)15(12)18(21)25/h4-8,10H,3,9H2,1-2H3. The van der Waals surface area contributed by atoms with Gasteiger partial charge in [0.25, 0.3) is 17.5 Å². The van der Waals surface area contributed by atoms with E-state index >= 15 is 0 Å². The zero-order valence-electron chi connectivity index (χ0n) is 15.0. The first-order valence-electron chi connectivity index (χ1n) is 8.44. The molecule has 146 valence electrons. The smallest absolute Gasteiger partial charge is 0.282 e. The average Bonchev–Trinajstić information content (AvgIpc) is 3.19. The third-order valence-corrected chi connectivity index (χ3v) is 5.75. The number of nitro benzene ring substituents is 1. The minimum atomic E-state index is -1.10. The third kappa shape index (κ3) is 3.38. The second-order valence-electron chi connectivity index (χ2n) is 6.17. The fourth-order valence-corrected chi connectivity index (χ4v) is 4.24. The predicted molar refractivity (Wildman–Crippen MR) is 103 cm³/mol. The number of fused-ring (bicyclic) bond motifs is 1. The third-order valence-electron chi connectivity index (χ3n) is 4.53. The van der Waals surface area contributed by atoms with Crippen molar-refractivity contribution in [2.45, 2.75) is 26.4 Å². The van der Waals surface area contributed by atoms with Gasteiger partial charge in [-0.1, -0.05) is 17.7 Å². The van der Waals surface area contributed by atoms with Gasteiger partial charge in [0.05, 0.1) is 21.4 Å². The molecule has 2 heterocycles. The number of benzene rings is 1. The van der Waals surface area contributed by atoms with Gasteiger partial charge in [0.1, 0.15) is 11.6 Å². The molecule has 1 aromatic heterocycles. The molecule has 1 atom stereocenters. The highest BCUT2D eigenvalue weighted by Crippen LogP contribution is 2.32. The number of rotatable bonds is 6. The number of likely N-dealkylation sites (N-methyl/N-ethyl adjacent to an activating group) is 1. The molecule has 28 heavy (non-hydrogen) atoms. The van der Waals surface area contributed by atoms with Crippen molar-refractivity contribution in [1.82, 2.24) is 9.80 Å². The molecule has 3 rings (SSSR count). The summed E-state index contributed by atoms with van der Waals surface area (Å²) in [7, 11) is 0. The maximum absolute atomic E-state index is 13.0. The summed E-state index contributed by atoms with van der Waals surface area (Å²) < 4.78 is 0.596. The molecule has 0 radical (unpaired) electrons. The molecule has 1 aliphatic heterocycles. The lowest BCUT2D eigenvalue weighted by atomic mass is 10.1. The van der Waals surface area contributed by atoms with Crippen LogP contribution in [-0.4, -0.2) is 45.0 Å². The molecular weight excluding hydrogens is 406 g/mol. The van der Waals surface area contributed by atoms with E-state index in [4.69, 9.17) is 11.6 Å². The lowest BCUT2D eigenvalue weighted by Gasteiger charge is -2.28. The number of amides is 3. The van der Waals surface area contributed by atoms with E-state index < -0.39 is 34.4 Å². The largest absolute Gasteiger partial charge is 0.336 e. The summed E-state index contributed by atoms with van der Waals surface area (Å²) in [5.41, 5.74) is -0.782. The molecule has 1 aromatic carbocycles. The lowest BCUT2D eigenvalue weighted by Crippen LogP contribution is -2.49. The van der Waals surface area contributed by atoms with Crippen LogP contribution in [-0.2, 0) is 11.3 Å². The van der Waals surface area contributed by atoms with Crippen LogP contribution in [0.4, 0.5) is 5.69 Å². The number of carbonyl (C=O) groups excluding carboxylic acids is 3. The van der Waals surface area contributed by atoms with E-state index in [9.17, 15) is 24.5 Å². The zero-order chi connectivity index (χ0) is 20.6. The van der Waals surface area contributed by atoms with Crippen molar-refractivity contribution in [2.75, 3.05) is 6.54 Å². The Balaban J connectivity index is 1.87. The van der Waals surface area contributed by atoms with Crippen LogP contribution >= 0.6 is 22.9 Å². The van der Waals surface area contributed by atoms with Crippen molar-refractivity contribution in [2.24, 2.45) is 0 Å². The molecule has 10 heteroatoms. The molecule has 0 saturated carbocycles. The lowest BCUT2D eigenvalue weighted by molar-refractivity contribution is -0.385. The topological polar surface area (TPSA) is 101 Å². The van der Waals surface area contributed by atoms with Crippen LogP contribution < -0.4 is 0 Å². The molecule has 0 spiro atoms. The minimum absolute atomic E-state index is 0.0630. The van der Waals surface area contributed by atoms with Crippen LogP contribution in [0.3, 0.4) is 0 Å². The van der Waals surface area contributed by atoms with E-state index in [1.165, 1.54) is 41.4 Å². The number of carbonyl (C=O) groups is 3. The fraction of sp³-hybridized carbons (Fsp3) is 0.278. The van der Waals surface area contributed by atoms with Gasteiger partial charge in [0, 0.05) is 17.5 Å². The highest BCUT2D eigenvalue weighted by Gasteiger charge is 2.45. The van der Waals surface area contributed by atoms with Crippen LogP contribution in [0.5, 0.6) is 0 Å². The van der Waals surface area contributed by atoms with E-state index in [2.05, 4.69) is 0 Å². The molecule has 0 N–H and O–H groups in total. The molecular formula is C18H16ClN3O5S. The summed E-state index contributed by atoms with van der Waals surface area (Å²) in [6.07, 6.45) is 0. The Kier molecular flexibility index (Phi) is 5.48. The number of thiophene rings is 1. The van der Waals surface area contributed by atoms with Crippen LogP contribution in [0.15, 0.2) is 30.3 Å². The Morgan fingerprint density at radius 3 is 2.57 bits per heavy atom. The molecule has 0 aliphatic carbocycles. The Hall–Kier alpha value is -2.78. The van der Waals surface area contributed by atoms with E-state index in [-0.39, 0.29) is 11.1 Å². The van der Waals surface area contributed by atoms with Crippen molar-refractivity contribution in [3.63, 3.8) is 0 Å². The minimum Gasteiger partial charge on any atom is -0.336 e. The average molecular weight is 422 g/mol. The zero-order valence-corrected chi connectivity index (χ0v) is 16.6. The predicted octanol–water partition coefficient (Wildman–Crippen LogP) is 3.34. The van der Waals surface area contributed by atoms with Gasteiger partial charge in [0.15, 0.2) is 0 Å². The molecule has 1 unspecified atom stereocenters. The summed E-state index contributed by atoms with van der Waals surface area (Å²) in [5, 5.41) is 11.2. The quantitative estimate of drug-likeness (QED) is 0.404. The molecule has 1 aliphatic rings. The summed E-state index contributed by atoms with van der Waals surface area (Å²) in [5.74, 6) is -1.97. The Labute approximate surface area is 169 Å². The van der Waals surface area contributed by atoms with Crippen LogP contribution in [0.1, 0.15) is 39.4 Å². The molecule has 0 saturated heterocycles. The first kappa shape index (κ1) is 20.0.